The highest BCUT2D eigenvalue weighted by Crippen LogP contribution is 2.39. The maximum atomic E-state index is 14.4. The van der Waals surface area contributed by atoms with E-state index < -0.39 is 11.6 Å². The van der Waals surface area contributed by atoms with Gasteiger partial charge in [-0.25, -0.2) is 23.7 Å². The summed E-state index contributed by atoms with van der Waals surface area (Å²) in [5.41, 5.74) is 10.6. The van der Waals surface area contributed by atoms with Crippen LogP contribution in [0.2, 0.25) is 0 Å². The zero-order valence-corrected chi connectivity index (χ0v) is 23.9. The summed E-state index contributed by atoms with van der Waals surface area (Å²) in [6.07, 6.45) is 8.31. The van der Waals surface area contributed by atoms with E-state index >= 15 is 0 Å². The molecule has 1 saturated heterocycles. The van der Waals surface area contributed by atoms with Gasteiger partial charge in [-0.15, -0.1) is 0 Å². The van der Waals surface area contributed by atoms with Crippen LogP contribution < -0.4 is 11.1 Å². The van der Waals surface area contributed by atoms with E-state index in [4.69, 9.17) is 5.73 Å². The van der Waals surface area contributed by atoms with Gasteiger partial charge in [-0.05, 0) is 62.6 Å². The third-order valence-electron chi connectivity index (χ3n) is 9.13. The van der Waals surface area contributed by atoms with Crippen LogP contribution in [-0.4, -0.2) is 73.2 Å². The second-order valence-corrected chi connectivity index (χ2v) is 11.6. The van der Waals surface area contributed by atoms with Gasteiger partial charge in [0.25, 0.3) is 0 Å². The lowest BCUT2D eigenvalue weighted by atomic mass is 9.89. The molecule has 4 heterocycles. The van der Waals surface area contributed by atoms with Gasteiger partial charge in [0.05, 0.1) is 10.9 Å². The van der Waals surface area contributed by atoms with Crippen LogP contribution >= 0.6 is 0 Å². The molecule has 0 radical (unpaired) electrons. The number of nitrogens with two attached hydrogens (primary N) is 1. The van der Waals surface area contributed by atoms with E-state index in [1.165, 1.54) is 23.5 Å². The number of halogens is 2. The van der Waals surface area contributed by atoms with E-state index in [-0.39, 0.29) is 5.52 Å². The number of rotatable bonds is 5. The van der Waals surface area contributed by atoms with Gasteiger partial charge < -0.3 is 25.1 Å². The number of piperazine rings is 1. The summed E-state index contributed by atoms with van der Waals surface area (Å²) in [4.78, 5) is 18.5. The number of likely N-dealkylation sites (N-methyl/N-ethyl adjacent to an activating group) is 1. The van der Waals surface area contributed by atoms with Crippen LogP contribution in [0.5, 0.6) is 0 Å². The second-order valence-electron chi connectivity index (χ2n) is 11.6. The van der Waals surface area contributed by atoms with Gasteiger partial charge in [-0.2, -0.15) is 0 Å². The van der Waals surface area contributed by atoms with Crippen molar-refractivity contribution >= 4 is 39.5 Å². The Morgan fingerprint density at radius 2 is 1.60 bits per heavy atom. The highest BCUT2D eigenvalue weighted by Gasteiger charge is 2.30. The number of nitrogens with zero attached hydrogens (tertiary/aromatic N) is 7. The van der Waals surface area contributed by atoms with Gasteiger partial charge in [0.15, 0.2) is 11.6 Å². The maximum Gasteiger partial charge on any atom is 0.208 e. The molecule has 42 heavy (non-hydrogen) atoms. The van der Waals surface area contributed by atoms with Gasteiger partial charge in [-0.1, -0.05) is 12.1 Å². The summed E-state index contributed by atoms with van der Waals surface area (Å²) in [6.45, 7) is 4.60. The van der Waals surface area contributed by atoms with Crippen LogP contribution in [0.15, 0.2) is 48.9 Å². The number of aromatic nitrogens is 5. The number of anilines is 3. The fourth-order valence-electron chi connectivity index (χ4n) is 6.70. The van der Waals surface area contributed by atoms with Crippen LogP contribution in [0.25, 0.3) is 33.2 Å². The third-order valence-corrected chi connectivity index (χ3v) is 9.13. The summed E-state index contributed by atoms with van der Waals surface area (Å²) in [5.74, 6) is -0.915. The minimum absolute atomic E-state index is 0.120. The Balaban J connectivity index is 1.13. The van der Waals surface area contributed by atoms with Crippen LogP contribution in [0.3, 0.4) is 0 Å². The van der Waals surface area contributed by atoms with E-state index in [9.17, 15) is 8.78 Å². The summed E-state index contributed by atoms with van der Waals surface area (Å²) in [5, 5.41) is 4.10. The van der Waals surface area contributed by atoms with E-state index in [1.54, 1.807) is 13.4 Å². The molecule has 3 aromatic heterocycles. The number of nitrogens with one attached hydrogen (secondary N) is 1. The minimum Gasteiger partial charge on any atom is -0.383 e. The molecule has 2 aromatic carbocycles. The molecule has 1 aliphatic carbocycles. The fourth-order valence-corrected chi connectivity index (χ4v) is 6.70. The third kappa shape index (κ3) is 4.66. The van der Waals surface area contributed by atoms with E-state index in [2.05, 4.69) is 47.9 Å². The number of hydrogen-bond donors (Lipinski definition) is 2. The molecule has 1 saturated carbocycles. The molecule has 9 nitrogen and oxygen atoms in total. The van der Waals surface area contributed by atoms with E-state index in [0.717, 1.165) is 72.9 Å². The number of hydrogen-bond acceptors (Lipinski definition) is 7. The van der Waals surface area contributed by atoms with Crippen molar-refractivity contribution in [3.8, 4) is 11.1 Å². The second kappa shape index (κ2) is 10.6. The molecule has 2 aliphatic rings. The van der Waals surface area contributed by atoms with Gasteiger partial charge in [-0.3, -0.25) is 4.90 Å². The van der Waals surface area contributed by atoms with Crippen LogP contribution in [0.4, 0.5) is 26.2 Å². The quantitative estimate of drug-likeness (QED) is 0.295. The van der Waals surface area contributed by atoms with Gasteiger partial charge in [0.1, 0.15) is 23.3 Å². The van der Waals surface area contributed by atoms with Crippen molar-refractivity contribution in [1.82, 2.24) is 33.9 Å². The zero-order valence-electron chi connectivity index (χ0n) is 23.9. The zero-order chi connectivity index (χ0) is 29.0. The van der Waals surface area contributed by atoms with Gasteiger partial charge in [0.2, 0.25) is 5.95 Å². The minimum atomic E-state index is -0.907. The number of aryl methyl sites for hydroxylation is 1. The standard InChI is InChI=1S/C31H35F2N9/c1-39-13-15-41(16-14-39)21-7-9-22(10-8-21)42-17-23(26-29(34)35-18-36-30(26)42)19-3-5-20(6-4-19)37-31-38-25-12-11-24(32)27(33)28(25)40(31)2/h3-6,11-12,17-18,21-22H,7-10,13-16H2,1-2H3,(H,37,38)(H2,34,35,36)/t21-,22+. The molecule has 1 aliphatic heterocycles. The smallest absolute Gasteiger partial charge is 0.208 e. The summed E-state index contributed by atoms with van der Waals surface area (Å²) < 4.78 is 32.0. The average molecular weight is 572 g/mol. The summed E-state index contributed by atoms with van der Waals surface area (Å²) in [7, 11) is 3.86. The first-order valence-electron chi connectivity index (χ1n) is 14.6. The molecule has 0 spiro atoms. The Bertz CT molecular complexity index is 1740. The van der Waals surface area contributed by atoms with Crippen molar-refractivity contribution in [3.05, 3.63) is 60.6 Å². The van der Waals surface area contributed by atoms with Crippen molar-refractivity contribution in [2.45, 2.75) is 37.8 Å². The van der Waals surface area contributed by atoms with Crippen LogP contribution in [-0.2, 0) is 7.05 Å². The molecule has 3 N–H and O–H groups in total. The highest BCUT2D eigenvalue weighted by atomic mass is 19.2. The predicted octanol–water partition coefficient (Wildman–Crippen LogP) is 5.32. The van der Waals surface area contributed by atoms with Gasteiger partial charge in [0, 0.05) is 62.8 Å². The predicted molar refractivity (Wildman–Crippen MR) is 162 cm³/mol. The van der Waals surface area contributed by atoms with Crippen LogP contribution in [0.1, 0.15) is 31.7 Å². The first-order chi connectivity index (χ1) is 20.4. The molecule has 11 heteroatoms. The number of benzene rings is 2. The highest BCUT2D eigenvalue weighted by molar-refractivity contribution is 6.00. The molecule has 5 aromatic rings. The first-order valence-corrected chi connectivity index (χ1v) is 14.6. The normalized spacial score (nSPS) is 20.5. The molecular formula is C31H35F2N9. The SMILES string of the molecule is CN1CCN([C@H]2CC[C@@H](n3cc(-c4ccc(Nc5nc6ccc(F)c(F)c6n5C)cc4)c4c(N)ncnc43)CC2)CC1. The Hall–Kier alpha value is -4.09. The monoisotopic (exact) mass is 571 g/mol. The maximum absolute atomic E-state index is 14.4. The molecule has 7 rings (SSSR count). The average Bonchev–Trinajstić information content (AvgIpc) is 3.55. The Morgan fingerprint density at radius 3 is 2.33 bits per heavy atom. The Labute approximate surface area is 243 Å². The van der Waals surface area contributed by atoms with Gasteiger partial charge >= 0.3 is 0 Å². The first kappa shape index (κ1) is 26.8. The molecule has 218 valence electrons. The summed E-state index contributed by atoms with van der Waals surface area (Å²) >= 11 is 0. The van der Waals surface area contributed by atoms with E-state index in [0.29, 0.717) is 29.4 Å². The topological polar surface area (TPSA) is 93.1 Å². The molecule has 0 unspecified atom stereocenters. The van der Waals surface area contributed by atoms with Crippen molar-refractivity contribution < 1.29 is 8.78 Å². The van der Waals surface area contributed by atoms with Crippen molar-refractivity contribution in [2.24, 2.45) is 7.05 Å². The molecule has 0 atom stereocenters. The molecule has 2 fully saturated rings. The van der Waals surface area contributed by atoms with E-state index in [1.807, 2.05) is 24.3 Å². The van der Waals surface area contributed by atoms with Crippen molar-refractivity contribution in [2.75, 3.05) is 44.3 Å². The lowest BCUT2D eigenvalue weighted by Gasteiger charge is -2.41. The molecule has 0 bridgehead atoms. The van der Waals surface area contributed by atoms with Crippen molar-refractivity contribution in [1.29, 1.82) is 0 Å². The number of imidazole rings is 1. The number of nitrogen functional groups attached to an aromatic ring is 1. The summed E-state index contributed by atoms with van der Waals surface area (Å²) in [6, 6.07) is 11.5. The Morgan fingerprint density at radius 1 is 0.881 bits per heavy atom. The largest absolute Gasteiger partial charge is 0.383 e. The van der Waals surface area contributed by atoms with Crippen molar-refractivity contribution in [3.63, 3.8) is 0 Å². The lowest BCUT2D eigenvalue weighted by Crippen LogP contribution is -2.49. The fraction of sp³-hybridized carbons (Fsp3) is 0.387. The molecular weight excluding hydrogens is 536 g/mol. The van der Waals surface area contributed by atoms with Crippen LogP contribution in [0, 0.1) is 11.6 Å². The molecule has 0 amide bonds. The lowest BCUT2D eigenvalue weighted by molar-refractivity contribution is 0.0828. The number of fused-ring (bicyclic) bond motifs is 2. The Kier molecular flexibility index (Phi) is 6.78.